The number of nitrogens with zero attached hydrogens (tertiary/aromatic N) is 2. The zero-order valence-corrected chi connectivity index (χ0v) is 14.4. The lowest BCUT2D eigenvalue weighted by Gasteiger charge is -2.02. The van der Waals surface area contributed by atoms with E-state index in [0.29, 0.717) is 0 Å². The quantitative estimate of drug-likeness (QED) is 0.748. The van der Waals surface area contributed by atoms with Crippen LogP contribution >= 0.6 is 27.3 Å². The summed E-state index contributed by atoms with van der Waals surface area (Å²) in [5.41, 5.74) is 2.32. The molecule has 0 aliphatic rings. The third-order valence-electron chi connectivity index (χ3n) is 2.93. The van der Waals surface area contributed by atoms with Crippen LogP contribution in [0.15, 0.2) is 22.9 Å². The molecule has 2 aromatic rings. The maximum atomic E-state index is 4.81. The van der Waals surface area contributed by atoms with E-state index >= 15 is 0 Å². The Bertz CT molecular complexity index is 554. The smallest absolute Gasteiger partial charge is 0.125 e. The number of hydrogen-bond donors (Lipinski definition) is 1. The molecule has 2 aromatic heterocycles. The first kappa shape index (κ1) is 15.6. The van der Waals surface area contributed by atoms with Crippen molar-refractivity contribution in [2.45, 2.75) is 39.7 Å². The summed E-state index contributed by atoms with van der Waals surface area (Å²) in [6, 6.07) is 2.07. The van der Waals surface area contributed by atoms with Gasteiger partial charge in [-0.2, -0.15) is 0 Å². The van der Waals surface area contributed by atoms with Gasteiger partial charge in [-0.05, 0) is 41.4 Å². The van der Waals surface area contributed by atoms with Crippen molar-refractivity contribution in [3.63, 3.8) is 0 Å². The molecule has 0 aromatic carbocycles. The Balaban J connectivity index is 2.23. The van der Waals surface area contributed by atoms with Crippen LogP contribution in [0.4, 0.5) is 0 Å². The molecule has 3 nitrogen and oxygen atoms in total. The molecule has 0 saturated heterocycles. The molecule has 0 aliphatic heterocycles. The molecule has 108 valence electrons. The van der Waals surface area contributed by atoms with Crippen LogP contribution in [-0.2, 0) is 13.0 Å². The molecule has 0 saturated carbocycles. The van der Waals surface area contributed by atoms with Crippen LogP contribution < -0.4 is 5.32 Å². The van der Waals surface area contributed by atoms with Crippen molar-refractivity contribution in [1.29, 1.82) is 0 Å². The average Bonchev–Trinajstić information content (AvgIpc) is 2.83. The van der Waals surface area contributed by atoms with Gasteiger partial charge in [0.2, 0.25) is 0 Å². The standard InChI is InChI=1S/C15H20BrN3S/c1-3-5-13-14(10-17-6-4-2)20-15(19-13)11-7-12(16)9-18-8-11/h7-9,17H,3-6,10H2,1-2H3. The third-order valence-corrected chi connectivity index (χ3v) is 4.51. The van der Waals surface area contributed by atoms with Crippen LogP contribution in [0.2, 0.25) is 0 Å². The fourth-order valence-electron chi connectivity index (χ4n) is 1.98. The van der Waals surface area contributed by atoms with E-state index in [9.17, 15) is 0 Å². The highest BCUT2D eigenvalue weighted by atomic mass is 79.9. The highest BCUT2D eigenvalue weighted by Gasteiger charge is 2.12. The van der Waals surface area contributed by atoms with Gasteiger partial charge in [0.25, 0.3) is 0 Å². The molecule has 0 unspecified atom stereocenters. The fourth-order valence-corrected chi connectivity index (χ4v) is 3.41. The summed E-state index contributed by atoms with van der Waals surface area (Å²) in [5, 5.41) is 4.54. The lowest BCUT2D eigenvalue weighted by Crippen LogP contribution is -2.13. The van der Waals surface area contributed by atoms with Crippen LogP contribution in [-0.4, -0.2) is 16.5 Å². The second-order valence-corrected chi connectivity index (χ2v) is 6.71. The SMILES string of the molecule is CCCNCc1sc(-c2cncc(Br)c2)nc1CCC. The van der Waals surface area contributed by atoms with Crippen molar-refractivity contribution >= 4 is 27.3 Å². The first-order valence-electron chi connectivity index (χ1n) is 7.04. The highest BCUT2D eigenvalue weighted by molar-refractivity contribution is 9.10. The molecule has 20 heavy (non-hydrogen) atoms. The van der Waals surface area contributed by atoms with Gasteiger partial charge in [0.15, 0.2) is 0 Å². The Labute approximate surface area is 133 Å². The Morgan fingerprint density at radius 3 is 2.80 bits per heavy atom. The number of nitrogens with one attached hydrogen (secondary N) is 1. The zero-order valence-electron chi connectivity index (χ0n) is 11.9. The molecule has 2 heterocycles. The summed E-state index contributed by atoms with van der Waals surface area (Å²) in [7, 11) is 0. The summed E-state index contributed by atoms with van der Waals surface area (Å²) < 4.78 is 0.993. The van der Waals surface area contributed by atoms with Gasteiger partial charge in [-0.1, -0.05) is 20.3 Å². The van der Waals surface area contributed by atoms with Gasteiger partial charge in [0.1, 0.15) is 5.01 Å². The van der Waals surface area contributed by atoms with Crippen LogP contribution in [0.3, 0.4) is 0 Å². The maximum absolute atomic E-state index is 4.81. The summed E-state index contributed by atoms with van der Waals surface area (Å²) in [6.45, 7) is 6.35. The molecular weight excluding hydrogens is 334 g/mol. The minimum atomic E-state index is 0.919. The molecule has 2 rings (SSSR count). The molecule has 0 radical (unpaired) electrons. The zero-order chi connectivity index (χ0) is 14.4. The molecule has 0 fully saturated rings. The van der Waals surface area contributed by atoms with Gasteiger partial charge in [-0.3, -0.25) is 4.98 Å². The van der Waals surface area contributed by atoms with E-state index in [1.165, 1.54) is 10.6 Å². The van der Waals surface area contributed by atoms with Gasteiger partial charge < -0.3 is 5.32 Å². The topological polar surface area (TPSA) is 37.8 Å². The predicted molar refractivity (Wildman–Crippen MR) is 89.0 cm³/mol. The molecule has 0 bridgehead atoms. The number of pyridine rings is 1. The molecule has 1 N–H and O–H groups in total. The molecule has 0 atom stereocenters. The molecular formula is C15H20BrN3S. The predicted octanol–water partition coefficient (Wildman–Crippen LogP) is 4.42. The van der Waals surface area contributed by atoms with E-state index < -0.39 is 0 Å². The van der Waals surface area contributed by atoms with Crippen molar-refractivity contribution in [2.24, 2.45) is 0 Å². The summed E-state index contributed by atoms with van der Waals surface area (Å²) >= 11 is 5.25. The number of hydrogen-bond acceptors (Lipinski definition) is 4. The minimum Gasteiger partial charge on any atom is -0.312 e. The van der Waals surface area contributed by atoms with E-state index in [2.05, 4.69) is 46.1 Å². The van der Waals surface area contributed by atoms with Crippen molar-refractivity contribution in [2.75, 3.05) is 6.54 Å². The molecule has 5 heteroatoms. The number of aryl methyl sites for hydroxylation is 1. The van der Waals surface area contributed by atoms with Crippen molar-refractivity contribution in [3.05, 3.63) is 33.5 Å². The van der Waals surface area contributed by atoms with Crippen LogP contribution in [0.1, 0.15) is 37.3 Å². The Morgan fingerprint density at radius 2 is 2.10 bits per heavy atom. The van der Waals surface area contributed by atoms with Gasteiger partial charge in [0, 0.05) is 33.9 Å². The van der Waals surface area contributed by atoms with Gasteiger partial charge in [-0.15, -0.1) is 11.3 Å². The number of aromatic nitrogens is 2. The number of thiazole rings is 1. The summed E-state index contributed by atoms with van der Waals surface area (Å²) in [4.78, 5) is 10.4. The van der Waals surface area contributed by atoms with E-state index in [-0.39, 0.29) is 0 Å². The Hall–Kier alpha value is -0.780. The van der Waals surface area contributed by atoms with E-state index in [1.807, 2.05) is 6.20 Å². The van der Waals surface area contributed by atoms with Crippen molar-refractivity contribution in [1.82, 2.24) is 15.3 Å². The average molecular weight is 354 g/mol. The summed E-state index contributed by atoms with van der Waals surface area (Å²) in [6.07, 6.45) is 7.00. The first-order chi connectivity index (χ1) is 9.74. The fraction of sp³-hybridized carbons (Fsp3) is 0.467. The largest absolute Gasteiger partial charge is 0.312 e. The second kappa shape index (κ2) is 7.86. The van der Waals surface area contributed by atoms with E-state index in [4.69, 9.17) is 4.98 Å². The maximum Gasteiger partial charge on any atom is 0.125 e. The van der Waals surface area contributed by atoms with Crippen LogP contribution in [0, 0.1) is 0 Å². The lowest BCUT2D eigenvalue weighted by atomic mass is 10.2. The normalized spacial score (nSPS) is 10.9. The van der Waals surface area contributed by atoms with Gasteiger partial charge in [0.05, 0.1) is 5.69 Å². The lowest BCUT2D eigenvalue weighted by molar-refractivity contribution is 0.674. The van der Waals surface area contributed by atoms with Crippen LogP contribution in [0.5, 0.6) is 0 Å². The van der Waals surface area contributed by atoms with Gasteiger partial charge in [-0.25, -0.2) is 4.98 Å². The first-order valence-corrected chi connectivity index (χ1v) is 8.65. The molecule has 0 aliphatic carbocycles. The van der Waals surface area contributed by atoms with Crippen molar-refractivity contribution in [3.8, 4) is 10.6 Å². The third kappa shape index (κ3) is 4.11. The van der Waals surface area contributed by atoms with Crippen molar-refractivity contribution < 1.29 is 0 Å². The minimum absolute atomic E-state index is 0.919. The van der Waals surface area contributed by atoms with E-state index in [0.717, 1.165) is 47.4 Å². The number of rotatable bonds is 7. The highest BCUT2D eigenvalue weighted by Crippen LogP contribution is 2.29. The Kier molecular flexibility index (Phi) is 6.13. The van der Waals surface area contributed by atoms with E-state index in [1.54, 1.807) is 17.5 Å². The summed E-state index contributed by atoms with van der Waals surface area (Å²) in [5.74, 6) is 0. The number of halogens is 1. The Morgan fingerprint density at radius 1 is 1.25 bits per heavy atom. The van der Waals surface area contributed by atoms with Crippen LogP contribution in [0.25, 0.3) is 10.6 Å². The van der Waals surface area contributed by atoms with Gasteiger partial charge >= 0.3 is 0 Å². The monoisotopic (exact) mass is 353 g/mol. The molecule has 0 amide bonds. The molecule has 0 spiro atoms. The second-order valence-electron chi connectivity index (χ2n) is 4.71.